The van der Waals surface area contributed by atoms with Crippen molar-refractivity contribution in [2.24, 2.45) is 0 Å². The van der Waals surface area contributed by atoms with Crippen LogP contribution >= 0.6 is 11.6 Å². The topological polar surface area (TPSA) is 91.9 Å². The standard InChI is InChI=1S/C27H18ClF2N3O3S/c1-37(35,36)17-8-9-18(20(14-17)15-6-11-23(29)24(30)12-15)27(34)31-16-7-10-22(28)21(13-16)26-19-4-2-3-5-25(19)32-33-26/h2-14H,1H3,(H,31,34)(H,32,33). The molecule has 0 radical (unpaired) electrons. The van der Waals surface area contributed by atoms with Crippen molar-refractivity contribution >= 4 is 43.9 Å². The third kappa shape index (κ3) is 4.83. The van der Waals surface area contributed by atoms with Gasteiger partial charge in [-0.3, -0.25) is 9.89 Å². The minimum absolute atomic E-state index is 0.0667. The molecule has 6 nitrogen and oxygen atoms in total. The van der Waals surface area contributed by atoms with Crippen LogP contribution in [0.4, 0.5) is 14.5 Å². The Balaban J connectivity index is 1.55. The molecule has 1 heterocycles. The minimum Gasteiger partial charge on any atom is -0.322 e. The summed E-state index contributed by atoms with van der Waals surface area (Å²) < 4.78 is 51.8. The summed E-state index contributed by atoms with van der Waals surface area (Å²) in [4.78, 5) is 13.3. The van der Waals surface area contributed by atoms with Gasteiger partial charge in [-0.2, -0.15) is 5.10 Å². The molecule has 5 aromatic rings. The van der Waals surface area contributed by atoms with Gasteiger partial charge in [0.2, 0.25) is 0 Å². The fraction of sp³-hybridized carbons (Fsp3) is 0.0370. The first-order chi connectivity index (χ1) is 17.6. The van der Waals surface area contributed by atoms with Gasteiger partial charge in [-0.1, -0.05) is 35.9 Å². The van der Waals surface area contributed by atoms with Gasteiger partial charge < -0.3 is 5.32 Å². The number of hydrogen-bond donors (Lipinski definition) is 2. The normalized spacial score (nSPS) is 11.6. The predicted octanol–water partition coefficient (Wildman–Crippen LogP) is 6.48. The monoisotopic (exact) mass is 537 g/mol. The number of fused-ring (bicyclic) bond motifs is 1. The van der Waals surface area contributed by atoms with Crippen LogP contribution in [0.5, 0.6) is 0 Å². The number of halogens is 3. The second kappa shape index (κ2) is 9.42. The number of nitrogens with one attached hydrogen (secondary N) is 2. The smallest absolute Gasteiger partial charge is 0.256 e. The van der Waals surface area contributed by atoms with E-state index in [1.807, 2.05) is 24.3 Å². The van der Waals surface area contributed by atoms with Crippen LogP contribution in [-0.2, 0) is 9.84 Å². The first-order valence-corrected chi connectivity index (χ1v) is 13.2. The van der Waals surface area contributed by atoms with Gasteiger partial charge in [-0.15, -0.1) is 0 Å². The van der Waals surface area contributed by atoms with E-state index in [0.29, 0.717) is 22.0 Å². The van der Waals surface area contributed by atoms with E-state index in [1.165, 1.54) is 24.3 Å². The molecule has 0 fully saturated rings. The number of carbonyl (C=O) groups is 1. The Labute approximate surface area is 215 Å². The van der Waals surface area contributed by atoms with Gasteiger partial charge in [0.15, 0.2) is 21.5 Å². The number of aromatic nitrogens is 2. The van der Waals surface area contributed by atoms with E-state index in [-0.39, 0.29) is 21.6 Å². The largest absolute Gasteiger partial charge is 0.322 e. The number of aromatic amines is 1. The fourth-order valence-electron chi connectivity index (χ4n) is 4.01. The van der Waals surface area contributed by atoms with Crippen molar-refractivity contribution < 1.29 is 22.0 Å². The molecule has 0 saturated carbocycles. The van der Waals surface area contributed by atoms with Crippen LogP contribution in [0.25, 0.3) is 33.3 Å². The van der Waals surface area contributed by atoms with Crippen LogP contribution in [0.3, 0.4) is 0 Å². The van der Waals surface area contributed by atoms with E-state index in [2.05, 4.69) is 15.5 Å². The van der Waals surface area contributed by atoms with Crippen LogP contribution in [0.1, 0.15) is 10.4 Å². The number of anilines is 1. The zero-order chi connectivity index (χ0) is 26.3. The SMILES string of the molecule is CS(=O)(=O)c1ccc(C(=O)Nc2ccc(Cl)c(-c3n[nH]c4ccccc34)c2)c(-c2ccc(F)c(F)c2)c1. The lowest BCUT2D eigenvalue weighted by molar-refractivity contribution is 0.102. The highest BCUT2D eigenvalue weighted by Gasteiger charge is 2.19. The van der Waals surface area contributed by atoms with Gasteiger partial charge in [0.1, 0.15) is 5.69 Å². The first kappa shape index (κ1) is 24.6. The van der Waals surface area contributed by atoms with Gasteiger partial charge in [0, 0.05) is 28.5 Å². The predicted molar refractivity (Wildman–Crippen MR) is 139 cm³/mol. The van der Waals surface area contributed by atoms with Crippen molar-refractivity contribution in [3.05, 3.63) is 101 Å². The molecule has 2 N–H and O–H groups in total. The van der Waals surface area contributed by atoms with Gasteiger partial charge in [-0.25, -0.2) is 17.2 Å². The number of sulfone groups is 1. The van der Waals surface area contributed by atoms with Crippen molar-refractivity contribution in [2.45, 2.75) is 4.90 Å². The average Bonchev–Trinajstić information content (AvgIpc) is 3.30. The molecule has 0 aliphatic heterocycles. The molecule has 4 aromatic carbocycles. The molecule has 1 aromatic heterocycles. The molecule has 0 saturated heterocycles. The summed E-state index contributed by atoms with van der Waals surface area (Å²) in [7, 11) is -3.63. The second-order valence-electron chi connectivity index (χ2n) is 8.37. The number of nitrogens with zero attached hydrogens (tertiary/aromatic N) is 1. The van der Waals surface area contributed by atoms with E-state index in [0.717, 1.165) is 29.3 Å². The molecule has 0 atom stereocenters. The highest BCUT2D eigenvalue weighted by atomic mass is 35.5. The fourth-order valence-corrected chi connectivity index (χ4v) is 4.86. The molecular weight excluding hydrogens is 520 g/mol. The number of para-hydroxylation sites is 1. The highest BCUT2D eigenvalue weighted by molar-refractivity contribution is 7.90. The maximum absolute atomic E-state index is 14.0. The third-order valence-corrected chi connectivity index (χ3v) is 7.28. The number of amides is 1. The molecule has 0 aliphatic carbocycles. The third-order valence-electron chi connectivity index (χ3n) is 5.84. The Morgan fingerprint density at radius 3 is 2.46 bits per heavy atom. The van der Waals surface area contributed by atoms with Crippen LogP contribution < -0.4 is 5.32 Å². The molecule has 10 heteroatoms. The summed E-state index contributed by atoms with van der Waals surface area (Å²) >= 11 is 6.44. The average molecular weight is 538 g/mol. The van der Waals surface area contributed by atoms with Gasteiger partial charge in [-0.05, 0) is 65.7 Å². The van der Waals surface area contributed by atoms with Crippen LogP contribution in [0.2, 0.25) is 5.02 Å². The highest BCUT2D eigenvalue weighted by Crippen LogP contribution is 2.34. The van der Waals surface area contributed by atoms with Gasteiger partial charge in [0.05, 0.1) is 15.4 Å². The second-order valence-corrected chi connectivity index (χ2v) is 10.8. The number of carbonyl (C=O) groups excluding carboxylic acids is 1. The molecule has 186 valence electrons. The van der Waals surface area contributed by atoms with E-state index in [4.69, 9.17) is 11.6 Å². The molecule has 0 bridgehead atoms. The van der Waals surface area contributed by atoms with Crippen LogP contribution in [-0.4, -0.2) is 30.8 Å². The zero-order valence-electron chi connectivity index (χ0n) is 19.2. The number of H-pyrrole nitrogens is 1. The molecule has 1 amide bonds. The van der Waals surface area contributed by atoms with E-state index >= 15 is 0 Å². The Bertz CT molecular complexity index is 1800. The summed E-state index contributed by atoms with van der Waals surface area (Å²) in [6.45, 7) is 0. The summed E-state index contributed by atoms with van der Waals surface area (Å²) in [5.74, 6) is -2.77. The van der Waals surface area contributed by atoms with Crippen molar-refractivity contribution in [1.29, 1.82) is 0 Å². The number of rotatable bonds is 5. The van der Waals surface area contributed by atoms with E-state index in [1.54, 1.807) is 18.2 Å². The molecule has 0 spiro atoms. The maximum atomic E-state index is 14.0. The van der Waals surface area contributed by atoms with Gasteiger partial charge in [0.25, 0.3) is 5.91 Å². The number of hydrogen-bond acceptors (Lipinski definition) is 4. The number of benzene rings is 4. The Morgan fingerprint density at radius 1 is 0.919 bits per heavy atom. The Hall–Kier alpha value is -4.08. The minimum atomic E-state index is -3.63. The van der Waals surface area contributed by atoms with Crippen LogP contribution in [0, 0.1) is 11.6 Å². The van der Waals surface area contributed by atoms with Crippen molar-refractivity contribution in [1.82, 2.24) is 10.2 Å². The molecule has 0 aliphatic rings. The molecule has 5 rings (SSSR count). The van der Waals surface area contributed by atoms with Crippen molar-refractivity contribution in [2.75, 3.05) is 11.6 Å². The lowest BCUT2D eigenvalue weighted by Crippen LogP contribution is -2.14. The van der Waals surface area contributed by atoms with E-state index in [9.17, 15) is 22.0 Å². The van der Waals surface area contributed by atoms with Crippen molar-refractivity contribution in [3.63, 3.8) is 0 Å². The summed E-state index contributed by atoms with van der Waals surface area (Å²) in [6.07, 6.45) is 1.02. The van der Waals surface area contributed by atoms with E-state index < -0.39 is 27.4 Å². The first-order valence-electron chi connectivity index (χ1n) is 11.0. The Kier molecular flexibility index (Phi) is 6.26. The maximum Gasteiger partial charge on any atom is 0.256 e. The lowest BCUT2D eigenvalue weighted by Gasteiger charge is -2.13. The summed E-state index contributed by atoms with van der Waals surface area (Å²) in [5.41, 5.74) is 2.77. The Morgan fingerprint density at radius 2 is 1.70 bits per heavy atom. The molecule has 37 heavy (non-hydrogen) atoms. The lowest BCUT2D eigenvalue weighted by atomic mass is 9.98. The molecular formula is C27H18ClF2N3O3S. The summed E-state index contributed by atoms with van der Waals surface area (Å²) in [5, 5.41) is 11.4. The molecule has 0 unspecified atom stereocenters. The van der Waals surface area contributed by atoms with Crippen LogP contribution in [0.15, 0.2) is 83.8 Å². The van der Waals surface area contributed by atoms with Gasteiger partial charge >= 0.3 is 0 Å². The van der Waals surface area contributed by atoms with Crippen molar-refractivity contribution in [3.8, 4) is 22.4 Å². The zero-order valence-corrected chi connectivity index (χ0v) is 20.8. The summed E-state index contributed by atoms with van der Waals surface area (Å²) in [6, 6.07) is 19.4. The quantitative estimate of drug-likeness (QED) is 0.268.